The predicted octanol–water partition coefficient (Wildman–Crippen LogP) is 2.23. The molecule has 1 aliphatic rings. The van der Waals surface area contributed by atoms with Crippen molar-refractivity contribution >= 4 is 11.9 Å². The number of amides is 1. The van der Waals surface area contributed by atoms with E-state index in [-0.39, 0.29) is 17.8 Å². The number of ether oxygens (including phenoxy) is 1. The van der Waals surface area contributed by atoms with Gasteiger partial charge in [0.1, 0.15) is 11.4 Å². The Hall–Kier alpha value is -1.50. The van der Waals surface area contributed by atoms with Crippen molar-refractivity contribution in [2.75, 3.05) is 13.1 Å². The highest BCUT2D eigenvalue weighted by molar-refractivity contribution is 5.84. The summed E-state index contributed by atoms with van der Waals surface area (Å²) in [4.78, 5) is 25.2. The molecular weight excluding hydrogens is 230 g/mol. The first-order chi connectivity index (χ1) is 8.33. The van der Waals surface area contributed by atoms with E-state index >= 15 is 0 Å². The maximum Gasteiger partial charge on any atom is 0.410 e. The van der Waals surface area contributed by atoms with E-state index in [1.165, 1.54) is 0 Å². The normalized spacial score (nSPS) is 20.4. The van der Waals surface area contributed by atoms with Gasteiger partial charge < -0.3 is 9.64 Å². The number of ketones is 1. The van der Waals surface area contributed by atoms with Crippen molar-refractivity contribution in [3.8, 4) is 12.3 Å². The van der Waals surface area contributed by atoms with E-state index in [4.69, 9.17) is 11.2 Å². The van der Waals surface area contributed by atoms with Gasteiger partial charge in [0.15, 0.2) is 0 Å². The van der Waals surface area contributed by atoms with Crippen LogP contribution in [-0.2, 0) is 9.53 Å². The van der Waals surface area contributed by atoms with Gasteiger partial charge in [-0.3, -0.25) is 4.79 Å². The van der Waals surface area contributed by atoms with Crippen LogP contribution in [-0.4, -0.2) is 35.5 Å². The average Bonchev–Trinajstić information content (AvgIpc) is 2.25. The highest BCUT2D eigenvalue weighted by Crippen LogP contribution is 2.20. The second-order valence-corrected chi connectivity index (χ2v) is 5.58. The highest BCUT2D eigenvalue weighted by atomic mass is 16.6. The predicted molar refractivity (Wildman–Crippen MR) is 69.0 cm³/mol. The molecule has 0 N–H and O–H groups in total. The lowest BCUT2D eigenvalue weighted by molar-refractivity contribution is -0.126. The highest BCUT2D eigenvalue weighted by Gasteiger charge is 2.31. The van der Waals surface area contributed by atoms with Crippen LogP contribution in [0.3, 0.4) is 0 Å². The molecule has 1 unspecified atom stereocenters. The molecule has 1 saturated heterocycles. The van der Waals surface area contributed by atoms with E-state index < -0.39 is 5.60 Å². The lowest BCUT2D eigenvalue weighted by atomic mass is 9.92. The van der Waals surface area contributed by atoms with Gasteiger partial charge in [-0.15, -0.1) is 12.3 Å². The van der Waals surface area contributed by atoms with Gasteiger partial charge in [-0.1, -0.05) is 0 Å². The fraction of sp³-hybridized carbons (Fsp3) is 0.714. The summed E-state index contributed by atoms with van der Waals surface area (Å²) in [7, 11) is 0. The molecule has 0 aromatic heterocycles. The van der Waals surface area contributed by atoms with Crippen molar-refractivity contribution in [1.29, 1.82) is 0 Å². The molecule has 1 atom stereocenters. The summed E-state index contributed by atoms with van der Waals surface area (Å²) in [5.74, 6) is 2.59. The molecular formula is C14H21NO3. The largest absolute Gasteiger partial charge is 0.444 e. The monoisotopic (exact) mass is 251 g/mol. The number of nitrogens with zero attached hydrogens (tertiary/aromatic N) is 1. The Kier molecular flexibility index (Phi) is 4.77. The Balaban J connectivity index is 2.56. The molecule has 1 amide bonds. The molecule has 1 fully saturated rings. The summed E-state index contributed by atoms with van der Waals surface area (Å²) >= 11 is 0. The molecule has 0 bridgehead atoms. The molecule has 100 valence electrons. The minimum absolute atomic E-state index is 0.137. The first-order valence-corrected chi connectivity index (χ1v) is 6.27. The summed E-state index contributed by atoms with van der Waals surface area (Å²) in [6.45, 7) is 6.36. The van der Waals surface area contributed by atoms with Crippen LogP contribution in [0.4, 0.5) is 4.79 Å². The number of terminal acetylenes is 1. The van der Waals surface area contributed by atoms with Crippen LogP contribution < -0.4 is 0 Å². The van der Waals surface area contributed by atoms with Crippen LogP contribution in [0.15, 0.2) is 0 Å². The van der Waals surface area contributed by atoms with Gasteiger partial charge in [0.2, 0.25) is 0 Å². The molecule has 0 radical (unpaired) electrons. The van der Waals surface area contributed by atoms with Crippen molar-refractivity contribution in [1.82, 2.24) is 4.90 Å². The minimum atomic E-state index is -0.507. The number of carbonyl (C=O) groups excluding carboxylic acids is 2. The Bertz CT molecular complexity index is 362. The lowest BCUT2D eigenvalue weighted by Crippen LogP contribution is -2.46. The van der Waals surface area contributed by atoms with Crippen LogP contribution in [0.25, 0.3) is 0 Å². The lowest BCUT2D eigenvalue weighted by Gasteiger charge is -2.33. The topological polar surface area (TPSA) is 46.6 Å². The molecule has 1 aliphatic heterocycles. The van der Waals surface area contributed by atoms with Crippen molar-refractivity contribution in [2.45, 2.75) is 45.6 Å². The second kappa shape index (κ2) is 5.90. The summed E-state index contributed by atoms with van der Waals surface area (Å²) in [6, 6.07) is 0. The SMILES string of the molecule is C#CCCC1CN(C(=O)OC(C)(C)C)CCC1=O. The molecule has 1 rings (SSSR count). The minimum Gasteiger partial charge on any atom is -0.444 e. The molecule has 0 aromatic rings. The quantitative estimate of drug-likeness (QED) is 0.707. The number of hydrogen-bond acceptors (Lipinski definition) is 3. The zero-order valence-electron chi connectivity index (χ0n) is 11.4. The van der Waals surface area contributed by atoms with E-state index in [1.807, 2.05) is 20.8 Å². The van der Waals surface area contributed by atoms with Gasteiger partial charge >= 0.3 is 6.09 Å². The average molecular weight is 251 g/mol. The summed E-state index contributed by atoms with van der Waals surface area (Å²) < 4.78 is 5.30. The standard InChI is InChI=1S/C14H21NO3/c1-5-6-7-11-10-15(9-8-12(11)16)13(17)18-14(2,3)4/h1,11H,6-10H2,2-4H3. The summed E-state index contributed by atoms with van der Waals surface area (Å²) in [5.41, 5.74) is -0.507. The van der Waals surface area contributed by atoms with Crippen molar-refractivity contribution in [2.24, 2.45) is 5.92 Å². The zero-order chi connectivity index (χ0) is 13.8. The third-order valence-corrected chi connectivity index (χ3v) is 2.81. The Labute approximate surface area is 109 Å². The van der Waals surface area contributed by atoms with Crippen molar-refractivity contribution in [3.63, 3.8) is 0 Å². The third kappa shape index (κ3) is 4.40. The molecule has 18 heavy (non-hydrogen) atoms. The van der Waals surface area contributed by atoms with E-state index in [0.29, 0.717) is 32.4 Å². The fourth-order valence-electron chi connectivity index (χ4n) is 1.91. The molecule has 1 heterocycles. The molecule has 0 saturated carbocycles. The molecule has 4 heteroatoms. The maximum atomic E-state index is 11.9. The Morgan fingerprint density at radius 3 is 2.78 bits per heavy atom. The smallest absolute Gasteiger partial charge is 0.410 e. The van der Waals surface area contributed by atoms with Crippen LogP contribution in [0.5, 0.6) is 0 Å². The van der Waals surface area contributed by atoms with Gasteiger partial charge in [0, 0.05) is 31.8 Å². The molecule has 0 spiro atoms. The third-order valence-electron chi connectivity index (χ3n) is 2.81. The molecule has 0 aliphatic carbocycles. The van der Waals surface area contributed by atoms with Gasteiger partial charge in [0.25, 0.3) is 0 Å². The second-order valence-electron chi connectivity index (χ2n) is 5.58. The van der Waals surface area contributed by atoms with Gasteiger partial charge in [-0.2, -0.15) is 0 Å². The number of piperidine rings is 1. The zero-order valence-corrected chi connectivity index (χ0v) is 11.4. The van der Waals surface area contributed by atoms with E-state index in [1.54, 1.807) is 4.90 Å². The molecule has 4 nitrogen and oxygen atoms in total. The van der Waals surface area contributed by atoms with Crippen molar-refractivity contribution in [3.05, 3.63) is 0 Å². The number of carbonyl (C=O) groups is 2. The fourth-order valence-corrected chi connectivity index (χ4v) is 1.91. The Morgan fingerprint density at radius 2 is 2.22 bits per heavy atom. The van der Waals surface area contributed by atoms with Gasteiger partial charge in [-0.05, 0) is 27.2 Å². The van der Waals surface area contributed by atoms with E-state index in [9.17, 15) is 9.59 Å². The van der Waals surface area contributed by atoms with Crippen LogP contribution >= 0.6 is 0 Å². The number of Topliss-reactive ketones (excluding diaryl/α,β-unsaturated/α-hetero) is 1. The van der Waals surface area contributed by atoms with E-state index in [0.717, 1.165) is 0 Å². The van der Waals surface area contributed by atoms with Crippen LogP contribution in [0.2, 0.25) is 0 Å². The summed E-state index contributed by atoms with van der Waals surface area (Å²) in [5, 5.41) is 0. The first kappa shape index (κ1) is 14.6. The first-order valence-electron chi connectivity index (χ1n) is 6.27. The van der Waals surface area contributed by atoms with Gasteiger partial charge in [0.05, 0.1) is 0 Å². The maximum absolute atomic E-state index is 11.9. The van der Waals surface area contributed by atoms with Crippen LogP contribution in [0, 0.1) is 18.3 Å². The summed E-state index contributed by atoms with van der Waals surface area (Å²) in [6.07, 6.45) is 6.47. The van der Waals surface area contributed by atoms with E-state index in [2.05, 4.69) is 5.92 Å². The van der Waals surface area contributed by atoms with Crippen molar-refractivity contribution < 1.29 is 14.3 Å². The number of rotatable bonds is 2. The molecule has 0 aromatic carbocycles. The van der Waals surface area contributed by atoms with Crippen LogP contribution in [0.1, 0.15) is 40.0 Å². The number of likely N-dealkylation sites (tertiary alicyclic amines) is 1. The Morgan fingerprint density at radius 1 is 1.56 bits per heavy atom. The number of hydrogen-bond donors (Lipinski definition) is 0. The van der Waals surface area contributed by atoms with Gasteiger partial charge in [-0.25, -0.2) is 4.79 Å².